The van der Waals surface area contributed by atoms with Crippen molar-refractivity contribution in [2.45, 2.75) is 16.6 Å². The molecule has 2 aliphatic heterocycles. The first kappa shape index (κ1) is 25.4. The normalized spacial score (nSPS) is 19.8. The van der Waals surface area contributed by atoms with Crippen molar-refractivity contribution in [1.29, 1.82) is 0 Å². The third-order valence-electron chi connectivity index (χ3n) is 4.66. The molecule has 4 N–H and O–H groups in total. The molecule has 14 nitrogen and oxygen atoms in total. The summed E-state index contributed by atoms with van der Waals surface area (Å²) in [4.78, 5) is 47.6. The van der Waals surface area contributed by atoms with Crippen LogP contribution in [0, 0.1) is 0 Å². The standard InChI is InChI=1S/C16H17N9O5S3.FH/c1-24-16(20-22-23-24)33-4-6-3-31-13-9(12(27)25(13)10(6)14(28)29)19-11(26)8(21-30-2)7-5-32-15(17)18-7;/h5,9,13H,3-4H2,1-2H3,(H2,17,18)(H,19,26)(H,28,29);1H/b21-8+;/t9-,13-;/m1./s1. The number of thiazole rings is 1. The summed E-state index contributed by atoms with van der Waals surface area (Å²) in [5, 5.41) is 29.0. The minimum absolute atomic E-state index is 0. The van der Waals surface area contributed by atoms with Gasteiger partial charge in [-0.1, -0.05) is 16.9 Å². The van der Waals surface area contributed by atoms with Crippen LogP contribution >= 0.6 is 34.9 Å². The molecule has 0 aliphatic carbocycles. The zero-order chi connectivity index (χ0) is 23.7. The molecule has 4 rings (SSSR count). The summed E-state index contributed by atoms with van der Waals surface area (Å²) in [5.41, 5.74) is 6.17. The average Bonchev–Trinajstić information content (AvgIpc) is 3.40. The number of nitrogens with two attached hydrogens (primary N) is 1. The Labute approximate surface area is 203 Å². The highest BCUT2D eigenvalue weighted by Gasteiger charge is 2.54. The van der Waals surface area contributed by atoms with Crippen LogP contribution in [0.15, 0.2) is 27.0 Å². The molecule has 0 aromatic carbocycles. The minimum atomic E-state index is -1.22. The Hall–Kier alpha value is -3.25. The van der Waals surface area contributed by atoms with Gasteiger partial charge in [-0.2, -0.15) is 0 Å². The van der Waals surface area contributed by atoms with E-state index in [9.17, 15) is 19.5 Å². The van der Waals surface area contributed by atoms with E-state index in [2.05, 4.69) is 31.0 Å². The number of β-lactam (4-membered cyclic amide) rings is 1. The zero-order valence-electron chi connectivity index (χ0n) is 17.6. The lowest BCUT2D eigenvalue weighted by Crippen LogP contribution is -2.71. The molecule has 0 radical (unpaired) electrons. The highest BCUT2D eigenvalue weighted by Crippen LogP contribution is 2.41. The number of nitrogens with one attached hydrogen (secondary N) is 1. The highest BCUT2D eigenvalue weighted by molar-refractivity contribution is 8.01. The van der Waals surface area contributed by atoms with Crippen LogP contribution in [0.1, 0.15) is 5.69 Å². The van der Waals surface area contributed by atoms with Crippen molar-refractivity contribution in [3.63, 3.8) is 0 Å². The second-order valence-electron chi connectivity index (χ2n) is 6.69. The van der Waals surface area contributed by atoms with Gasteiger partial charge in [0.1, 0.15) is 29.9 Å². The van der Waals surface area contributed by atoms with Crippen molar-refractivity contribution in [2.75, 3.05) is 24.3 Å². The lowest BCUT2D eigenvalue weighted by atomic mass is 10.0. The Morgan fingerprint density at radius 2 is 2.24 bits per heavy atom. The number of halogens is 1. The van der Waals surface area contributed by atoms with Crippen molar-refractivity contribution in [1.82, 2.24) is 35.4 Å². The molecule has 0 bridgehead atoms. The van der Waals surface area contributed by atoms with Crippen LogP contribution in [-0.2, 0) is 26.3 Å². The average molecular weight is 532 g/mol. The molecule has 2 aromatic heterocycles. The maximum atomic E-state index is 12.9. The monoisotopic (exact) mass is 531 g/mol. The van der Waals surface area contributed by atoms with Gasteiger partial charge in [-0.3, -0.25) is 19.2 Å². The van der Waals surface area contributed by atoms with E-state index in [0.717, 1.165) is 11.3 Å². The van der Waals surface area contributed by atoms with Gasteiger partial charge in [0.05, 0.1) is 0 Å². The summed E-state index contributed by atoms with van der Waals surface area (Å²) in [6, 6.07) is -0.924. The number of carboxylic acids is 1. The van der Waals surface area contributed by atoms with E-state index in [1.165, 1.54) is 40.2 Å². The van der Waals surface area contributed by atoms with Crippen molar-refractivity contribution >= 4 is 63.5 Å². The third-order valence-corrected chi connectivity index (χ3v) is 7.77. The van der Waals surface area contributed by atoms with E-state index < -0.39 is 29.2 Å². The molecule has 0 saturated carbocycles. The molecule has 182 valence electrons. The number of nitrogens with zero attached hydrogens (tertiary/aromatic N) is 7. The third kappa shape index (κ3) is 4.68. The fraction of sp³-hybridized carbons (Fsp3) is 0.375. The molecule has 34 heavy (non-hydrogen) atoms. The minimum Gasteiger partial charge on any atom is -0.477 e. The Balaban J connectivity index is 0.00000324. The summed E-state index contributed by atoms with van der Waals surface area (Å²) < 4.78 is 1.47. The van der Waals surface area contributed by atoms with E-state index in [1.54, 1.807) is 12.4 Å². The van der Waals surface area contributed by atoms with Gasteiger partial charge in [-0.05, 0) is 16.0 Å². The van der Waals surface area contributed by atoms with E-state index in [-0.39, 0.29) is 26.9 Å². The lowest BCUT2D eigenvalue weighted by molar-refractivity contribution is -0.150. The first-order chi connectivity index (χ1) is 15.8. The smallest absolute Gasteiger partial charge is 0.352 e. The van der Waals surface area contributed by atoms with Crippen LogP contribution < -0.4 is 11.1 Å². The second-order valence-corrected chi connectivity index (χ2v) is 9.62. The van der Waals surface area contributed by atoms with Gasteiger partial charge in [0, 0.05) is 23.9 Å². The summed E-state index contributed by atoms with van der Waals surface area (Å²) >= 11 is 3.75. The number of aliphatic carboxylic acids is 1. The topological polar surface area (TPSA) is 191 Å². The van der Waals surface area contributed by atoms with E-state index in [1.807, 2.05) is 0 Å². The summed E-state index contributed by atoms with van der Waals surface area (Å²) in [6.45, 7) is 0. The summed E-state index contributed by atoms with van der Waals surface area (Å²) in [6.07, 6.45) is 0. The Bertz CT molecular complexity index is 1180. The van der Waals surface area contributed by atoms with Crippen molar-refractivity contribution < 1.29 is 29.0 Å². The molecule has 2 atom stereocenters. The van der Waals surface area contributed by atoms with Gasteiger partial charge in [0.15, 0.2) is 10.8 Å². The van der Waals surface area contributed by atoms with Crippen molar-refractivity contribution in [2.24, 2.45) is 12.2 Å². The fourth-order valence-corrected chi connectivity index (χ4v) is 6.07. The Kier molecular flexibility index (Phi) is 7.72. The number of hydrogen-bond acceptors (Lipinski definition) is 13. The van der Waals surface area contributed by atoms with Gasteiger partial charge in [0.25, 0.3) is 11.8 Å². The number of carbonyl (C=O) groups is 3. The van der Waals surface area contributed by atoms with Crippen molar-refractivity contribution in [3.8, 4) is 0 Å². The predicted octanol–water partition coefficient (Wildman–Crippen LogP) is -0.717. The van der Waals surface area contributed by atoms with Gasteiger partial charge >= 0.3 is 5.97 Å². The number of carboxylic acid groups (broad SMARTS) is 1. The first-order valence-corrected chi connectivity index (χ1v) is 12.1. The number of anilines is 1. The van der Waals surface area contributed by atoms with Gasteiger partial charge in [-0.15, -0.1) is 28.2 Å². The van der Waals surface area contributed by atoms with Crippen LogP contribution in [0.25, 0.3) is 0 Å². The van der Waals surface area contributed by atoms with E-state index >= 15 is 0 Å². The summed E-state index contributed by atoms with van der Waals surface area (Å²) in [5.74, 6) is -1.77. The molecule has 1 saturated heterocycles. The van der Waals surface area contributed by atoms with Crippen LogP contribution in [-0.4, -0.2) is 88.7 Å². The number of aromatic nitrogens is 5. The quantitative estimate of drug-likeness (QED) is 0.168. The van der Waals surface area contributed by atoms with Crippen molar-refractivity contribution in [3.05, 3.63) is 22.3 Å². The number of fused-ring (bicyclic) bond motifs is 1. The molecule has 2 aliphatic rings. The number of tetrazole rings is 1. The van der Waals surface area contributed by atoms with Crippen LogP contribution in [0.3, 0.4) is 0 Å². The first-order valence-electron chi connectivity index (χ1n) is 9.20. The summed E-state index contributed by atoms with van der Waals surface area (Å²) in [7, 11) is 2.95. The zero-order valence-corrected chi connectivity index (χ0v) is 20.0. The molecule has 0 spiro atoms. The number of hydrogen-bond donors (Lipinski definition) is 3. The fourth-order valence-electron chi connectivity index (χ4n) is 3.19. The second kappa shape index (κ2) is 10.3. The molecular weight excluding hydrogens is 513 g/mol. The number of aryl methyl sites for hydroxylation is 1. The maximum absolute atomic E-state index is 12.9. The molecule has 1 fully saturated rings. The van der Waals surface area contributed by atoms with Gasteiger partial charge < -0.3 is 21.0 Å². The van der Waals surface area contributed by atoms with Gasteiger partial charge in [0.2, 0.25) is 5.16 Å². The highest BCUT2D eigenvalue weighted by atomic mass is 32.2. The van der Waals surface area contributed by atoms with Crippen LogP contribution in [0.5, 0.6) is 0 Å². The molecule has 18 heteroatoms. The molecule has 2 aromatic rings. The number of nitrogen functional groups attached to an aromatic ring is 1. The molecular formula is C16H18FN9O5S3. The van der Waals surface area contributed by atoms with Crippen LogP contribution in [0.4, 0.5) is 9.84 Å². The van der Waals surface area contributed by atoms with E-state index in [0.29, 0.717) is 22.2 Å². The Morgan fingerprint density at radius 1 is 1.47 bits per heavy atom. The van der Waals surface area contributed by atoms with E-state index in [4.69, 9.17) is 10.6 Å². The lowest BCUT2D eigenvalue weighted by Gasteiger charge is -2.49. The Morgan fingerprint density at radius 3 is 2.82 bits per heavy atom. The van der Waals surface area contributed by atoms with Gasteiger partial charge in [-0.25, -0.2) is 14.5 Å². The number of rotatable bonds is 8. The SMILES string of the molecule is CO/N=C(/C(=O)N[C@@H]1C(=O)N2C(C(=O)O)=C(CSc3nnnn3C)CS[C@H]12)c1csc(N)n1.F. The number of thioether (sulfide) groups is 2. The van der Waals surface area contributed by atoms with Crippen LogP contribution in [0.2, 0.25) is 0 Å². The molecule has 2 amide bonds. The number of oxime groups is 1. The largest absolute Gasteiger partial charge is 0.477 e. The number of carbonyl (C=O) groups excluding carboxylic acids is 2. The predicted molar refractivity (Wildman–Crippen MR) is 122 cm³/mol. The molecule has 0 unspecified atom stereocenters. The molecule has 4 heterocycles. The number of amides is 2. The maximum Gasteiger partial charge on any atom is 0.352 e.